The maximum absolute atomic E-state index is 12.8. The van der Waals surface area contributed by atoms with E-state index in [0.717, 1.165) is 23.1 Å². The Hall–Kier alpha value is -2.18. The molecule has 8 nitrogen and oxygen atoms in total. The summed E-state index contributed by atoms with van der Waals surface area (Å²) in [6.07, 6.45) is 3.61. The predicted octanol–water partition coefficient (Wildman–Crippen LogP) is 2.48. The Labute approximate surface area is 196 Å². The van der Waals surface area contributed by atoms with Gasteiger partial charge >= 0.3 is 0 Å². The molecular weight excluding hydrogens is 468 g/mol. The highest BCUT2D eigenvalue weighted by atomic mass is 32.2. The average Bonchev–Trinajstić information content (AvgIpc) is 3.25. The van der Waals surface area contributed by atoms with Crippen LogP contribution < -0.4 is 9.55 Å². The quantitative estimate of drug-likeness (QED) is 0.450. The number of ether oxygens (including phenoxy) is 1. The Morgan fingerprint density at radius 2 is 1.72 bits per heavy atom. The predicted molar refractivity (Wildman–Crippen MR) is 127 cm³/mol. The number of benzene rings is 2. The number of nitrogens with zero attached hydrogens (tertiary/aromatic N) is 2. The van der Waals surface area contributed by atoms with Gasteiger partial charge in [0.25, 0.3) is 10.0 Å². The Balaban J connectivity index is 1.38. The van der Waals surface area contributed by atoms with E-state index in [2.05, 4.69) is 9.55 Å². The number of morpholine rings is 1. The van der Waals surface area contributed by atoms with Crippen molar-refractivity contribution in [2.45, 2.75) is 9.79 Å². The Morgan fingerprint density at radius 1 is 1.09 bits per heavy atom. The van der Waals surface area contributed by atoms with Crippen molar-refractivity contribution in [3.63, 3.8) is 0 Å². The minimum atomic E-state index is -3.75. The molecule has 2 aliphatic heterocycles. The monoisotopic (exact) mass is 492 g/mol. The molecule has 4 rings (SSSR count). The van der Waals surface area contributed by atoms with E-state index < -0.39 is 10.0 Å². The maximum atomic E-state index is 12.8. The summed E-state index contributed by atoms with van der Waals surface area (Å²) < 4.78 is 33.4. The largest absolute Gasteiger partial charge is 0.378 e. The van der Waals surface area contributed by atoms with E-state index in [4.69, 9.17) is 4.74 Å². The number of carbonyl (C=O) groups is 1. The lowest BCUT2D eigenvalue weighted by molar-refractivity contribution is -0.136. The molecule has 0 aliphatic carbocycles. The minimum absolute atomic E-state index is 0.0390. The summed E-state index contributed by atoms with van der Waals surface area (Å²) in [5, 5.41) is 1.97. The summed E-state index contributed by atoms with van der Waals surface area (Å²) in [4.78, 5) is 18.4. The van der Waals surface area contributed by atoms with E-state index in [0.29, 0.717) is 31.3 Å². The number of rotatable bonds is 7. The van der Waals surface area contributed by atoms with E-state index in [1.165, 1.54) is 4.90 Å². The molecule has 170 valence electrons. The number of hydrogen-bond donors (Lipinski definition) is 2. The van der Waals surface area contributed by atoms with Crippen LogP contribution in [0.1, 0.15) is 0 Å². The van der Waals surface area contributed by atoms with E-state index in [1.807, 2.05) is 30.5 Å². The van der Waals surface area contributed by atoms with Gasteiger partial charge in [-0.05, 0) is 53.6 Å². The highest BCUT2D eigenvalue weighted by Gasteiger charge is 2.24. The van der Waals surface area contributed by atoms with E-state index in [9.17, 15) is 13.2 Å². The fourth-order valence-electron chi connectivity index (χ4n) is 3.29. The Kier molecular flexibility index (Phi) is 7.31. The zero-order chi connectivity index (χ0) is 22.6. The smallest absolute Gasteiger partial charge is 0.262 e. The first-order valence-corrected chi connectivity index (χ1v) is 13.5. The summed E-state index contributed by atoms with van der Waals surface area (Å²) in [6, 6.07) is 14.9. The van der Waals surface area contributed by atoms with Gasteiger partial charge in [-0.3, -0.25) is 14.5 Å². The van der Waals surface area contributed by atoms with Gasteiger partial charge in [0, 0.05) is 24.2 Å². The van der Waals surface area contributed by atoms with Crippen molar-refractivity contribution in [1.82, 2.24) is 19.5 Å². The molecule has 2 aromatic rings. The van der Waals surface area contributed by atoms with Crippen LogP contribution in [0.3, 0.4) is 0 Å². The lowest BCUT2D eigenvalue weighted by Gasteiger charge is -2.28. The number of thioether (sulfide) groups is 1. The molecular formula is C21H24N4O4S3. The minimum Gasteiger partial charge on any atom is -0.378 e. The number of nitrogens with one attached hydrogen (secondary N) is 2. The molecule has 0 unspecified atom stereocenters. The van der Waals surface area contributed by atoms with E-state index in [-0.39, 0.29) is 17.3 Å². The lowest BCUT2D eigenvalue weighted by atomic mass is 10.1. The Morgan fingerprint density at radius 3 is 2.34 bits per heavy atom. The number of hydrogen-bond acceptors (Lipinski definition) is 8. The number of hydrazine groups is 1. The fraction of sp³-hybridized carbons (Fsp3) is 0.286. The fourth-order valence-corrected chi connectivity index (χ4v) is 5.63. The van der Waals surface area contributed by atoms with Gasteiger partial charge in [0.05, 0.1) is 18.1 Å². The third-order valence-corrected chi connectivity index (χ3v) is 8.05. The summed E-state index contributed by atoms with van der Waals surface area (Å²) in [5.41, 5.74) is 1.97. The molecule has 11 heteroatoms. The highest BCUT2D eigenvalue weighted by molar-refractivity contribution is 8.02. The molecule has 0 saturated carbocycles. The zero-order valence-electron chi connectivity index (χ0n) is 17.5. The molecule has 1 saturated heterocycles. The first kappa shape index (κ1) is 23.0. The van der Waals surface area contributed by atoms with Crippen molar-refractivity contribution in [1.29, 1.82) is 0 Å². The highest BCUT2D eigenvalue weighted by Crippen LogP contribution is 2.25. The molecule has 0 spiro atoms. The third-order valence-electron chi connectivity index (χ3n) is 5.04. The second kappa shape index (κ2) is 10.2. The van der Waals surface area contributed by atoms with Gasteiger partial charge in [-0.25, -0.2) is 8.42 Å². The van der Waals surface area contributed by atoms with E-state index >= 15 is 0 Å². The maximum Gasteiger partial charge on any atom is 0.262 e. The molecule has 1 amide bonds. The van der Waals surface area contributed by atoms with Gasteiger partial charge in [0.2, 0.25) is 5.91 Å². The molecule has 2 heterocycles. The molecule has 0 bridgehead atoms. The third kappa shape index (κ3) is 5.59. The van der Waals surface area contributed by atoms with Gasteiger partial charge in [0.1, 0.15) is 11.6 Å². The van der Waals surface area contributed by atoms with Crippen molar-refractivity contribution in [3.8, 4) is 11.1 Å². The molecule has 1 fully saturated rings. The van der Waals surface area contributed by atoms with Crippen LogP contribution in [-0.2, 0) is 19.6 Å². The van der Waals surface area contributed by atoms with Crippen molar-refractivity contribution in [2.24, 2.45) is 0 Å². The van der Waals surface area contributed by atoms with Crippen LogP contribution in [0.25, 0.3) is 11.1 Å². The first-order valence-electron chi connectivity index (χ1n) is 9.98. The summed E-state index contributed by atoms with van der Waals surface area (Å²) >= 11 is 2.79. The molecule has 2 aromatic carbocycles. The van der Waals surface area contributed by atoms with Gasteiger partial charge in [-0.2, -0.15) is 4.83 Å². The van der Waals surface area contributed by atoms with Gasteiger partial charge in [-0.15, -0.1) is 11.8 Å². The van der Waals surface area contributed by atoms with Crippen molar-refractivity contribution in [2.75, 3.05) is 39.1 Å². The topological polar surface area (TPSA) is 91.0 Å². The number of amides is 1. The van der Waals surface area contributed by atoms with Crippen molar-refractivity contribution >= 4 is 39.6 Å². The van der Waals surface area contributed by atoms with Crippen LogP contribution in [0.5, 0.6) is 0 Å². The van der Waals surface area contributed by atoms with Gasteiger partial charge in [0.15, 0.2) is 0 Å². The van der Waals surface area contributed by atoms with Crippen molar-refractivity contribution < 1.29 is 17.9 Å². The van der Waals surface area contributed by atoms with Crippen LogP contribution in [0.4, 0.5) is 0 Å². The SMILES string of the molecule is CSc1ccc(-c2ccc(S(=O)(=O)NC3=CN(CC(=O)N4CCOCC4)NS3)cc2)cc1. The summed E-state index contributed by atoms with van der Waals surface area (Å²) in [6.45, 7) is 2.33. The molecule has 2 aliphatic rings. The van der Waals surface area contributed by atoms with E-state index in [1.54, 1.807) is 52.1 Å². The van der Waals surface area contributed by atoms with Gasteiger partial charge in [-0.1, -0.05) is 24.3 Å². The molecule has 0 atom stereocenters. The zero-order valence-corrected chi connectivity index (χ0v) is 19.9. The number of carbonyl (C=O) groups excluding carboxylic acids is 1. The van der Waals surface area contributed by atoms with Crippen LogP contribution in [0.15, 0.2) is 69.6 Å². The molecule has 0 aromatic heterocycles. The Bertz CT molecular complexity index is 1080. The normalized spacial score (nSPS) is 16.7. The van der Waals surface area contributed by atoms with Crippen LogP contribution >= 0.6 is 23.7 Å². The number of sulfonamides is 1. The first-order chi connectivity index (χ1) is 15.4. The molecule has 32 heavy (non-hydrogen) atoms. The molecule has 2 N–H and O–H groups in total. The lowest BCUT2D eigenvalue weighted by Crippen LogP contribution is -2.45. The second-order valence-electron chi connectivity index (χ2n) is 7.17. The molecule has 0 radical (unpaired) electrons. The van der Waals surface area contributed by atoms with Crippen LogP contribution in [0.2, 0.25) is 0 Å². The average molecular weight is 493 g/mol. The summed E-state index contributed by atoms with van der Waals surface area (Å²) in [5.74, 6) is -0.0390. The van der Waals surface area contributed by atoms with Gasteiger partial charge < -0.3 is 9.64 Å². The van der Waals surface area contributed by atoms with Crippen LogP contribution in [-0.4, -0.2) is 63.3 Å². The van der Waals surface area contributed by atoms with Crippen molar-refractivity contribution in [3.05, 3.63) is 59.8 Å². The second-order valence-corrected chi connectivity index (χ2v) is 10.6. The van der Waals surface area contributed by atoms with Crippen LogP contribution in [0, 0.1) is 0 Å². The summed E-state index contributed by atoms with van der Waals surface area (Å²) in [7, 11) is -3.75. The standard InChI is InChI=1S/C21H24N4O4S3/c1-30-18-6-2-16(3-7-18)17-4-8-19(9-5-17)32(27,28)22-20-14-25(23-31-20)15-21(26)24-10-12-29-13-11-24/h2-9,14,22-23H,10-13,15H2,1H3.